The van der Waals surface area contributed by atoms with Gasteiger partial charge in [0.05, 0.1) is 18.8 Å². The van der Waals surface area contributed by atoms with Gasteiger partial charge in [-0.1, -0.05) is 35.9 Å². The largest absolute Gasteiger partial charge is 0.486 e. The van der Waals surface area contributed by atoms with Crippen LogP contribution in [0.25, 0.3) is 0 Å². The van der Waals surface area contributed by atoms with E-state index in [0.29, 0.717) is 30.8 Å². The lowest BCUT2D eigenvalue weighted by Crippen LogP contribution is -2.47. The van der Waals surface area contributed by atoms with Crippen LogP contribution in [0.4, 0.5) is 5.69 Å². The van der Waals surface area contributed by atoms with Gasteiger partial charge in [-0.3, -0.25) is 14.6 Å². The zero-order valence-corrected chi connectivity index (χ0v) is 17.3. The number of carbonyl (C=O) groups is 2. The first kappa shape index (κ1) is 19.3. The number of pyridine rings is 1. The summed E-state index contributed by atoms with van der Waals surface area (Å²) in [5.41, 5.74) is 3.30. The first-order valence-electron chi connectivity index (χ1n) is 10.4. The molecule has 2 aliphatic heterocycles. The van der Waals surface area contributed by atoms with Crippen LogP contribution in [0, 0.1) is 6.92 Å². The third kappa shape index (κ3) is 3.65. The minimum atomic E-state index is -0.566. The molecule has 0 saturated carbocycles. The van der Waals surface area contributed by atoms with Gasteiger partial charge in [0.15, 0.2) is 0 Å². The van der Waals surface area contributed by atoms with E-state index in [4.69, 9.17) is 4.74 Å². The fourth-order valence-corrected chi connectivity index (χ4v) is 4.30. The van der Waals surface area contributed by atoms with Crippen molar-refractivity contribution in [2.24, 2.45) is 0 Å². The van der Waals surface area contributed by atoms with Crippen LogP contribution in [0.1, 0.15) is 27.9 Å². The molecule has 3 heterocycles. The zero-order chi connectivity index (χ0) is 21.4. The van der Waals surface area contributed by atoms with Crippen molar-refractivity contribution in [3.63, 3.8) is 0 Å². The highest BCUT2D eigenvalue weighted by atomic mass is 16.5. The number of hydrogen-bond acceptors (Lipinski definition) is 4. The molecule has 31 heavy (non-hydrogen) atoms. The fraction of sp³-hybridized carbons (Fsp3) is 0.240. The van der Waals surface area contributed by atoms with Crippen molar-refractivity contribution < 1.29 is 14.3 Å². The second-order valence-corrected chi connectivity index (χ2v) is 8.07. The van der Waals surface area contributed by atoms with Crippen LogP contribution in [0.5, 0.6) is 5.75 Å². The molecule has 0 radical (unpaired) electrons. The Morgan fingerprint density at radius 3 is 2.68 bits per heavy atom. The lowest BCUT2D eigenvalue weighted by atomic mass is 10.1. The van der Waals surface area contributed by atoms with Crippen LogP contribution in [0.2, 0.25) is 0 Å². The number of anilines is 1. The molecule has 0 N–H and O–H groups in total. The first-order chi connectivity index (χ1) is 15.1. The van der Waals surface area contributed by atoms with Gasteiger partial charge in [-0.15, -0.1) is 0 Å². The minimum absolute atomic E-state index is 0.0948. The number of rotatable bonds is 3. The lowest BCUT2D eigenvalue weighted by molar-refractivity contribution is -0.122. The number of nitrogens with zero attached hydrogens (tertiary/aromatic N) is 3. The van der Waals surface area contributed by atoms with E-state index < -0.39 is 6.04 Å². The van der Waals surface area contributed by atoms with Gasteiger partial charge in [0, 0.05) is 24.4 Å². The second kappa shape index (κ2) is 7.87. The summed E-state index contributed by atoms with van der Waals surface area (Å²) in [4.78, 5) is 34.6. The molecular weight excluding hydrogens is 390 g/mol. The number of ether oxygens (including phenoxy) is 1. The minimum Gasteiger partial charge on any atom is -0.486 e. The summed E-state index contributed by atoms with van der Waals surface area (Å²) >= 11 is 0. The molecule has 6 nitrogen and oxygen atoms in total. The topological polar surface area (TPSA) is 62.7 Å². The van der Waals surface area contributed by atoms with E-state index in [1.807, 2.05) is 67.6 Å². The van der Waals surface area contributed by atoms with Gasteiger partial charge in [0.2, 0.25) is 5.91 Å². The molecule has 0 aliphatic carbocycles. The molecule has 2 aliphatic rings. The van der Waals surface area contributed by atoms with Crippen molar-refractivity contribution in [2.75, 3.05) is 11.4 Å². The Morgan fingerprint density at radius 1 is 1.10 bits per heavy atom. The number of amides is 2. The smallest absolute Gasteiger partial charge is 0.254 e. The molecule has 1 saturated heterocycles. The Morgan fingerprint density at radius 2 is 1.90 bits per heavy atom. The molecular formula is C25H23N3O3. The molecule has 2 aromatic carbocycles. The summed E-state index contributed by atoms with van der Waals surface area (Å²) in [5.74, 6) is 0.423. The number of aromatic nitrogens is 1. The van der Waals surface area contributed by atoms with Crippen LogP contribution in [-0.4, -0.2) is 40.4 Å². The van der Waals surface area contributed by atoms with Gasteiger partial charge in [0.1, 0.15) is 17.9 Å². The molecule has 0 unspecified atom stereocenters. The van der Waals surface area contributed by atoms with Gasteiger partial charge in [-0.25, -0.2) is 0 Å². The number of fused-ring (bicyclic) bond motifs is 3. The van der Waals surface area contributed by atoms with E-state index in [1.54, 1.807) is 22.2 Å². The van der Waals surface area contributed by atoms with E-state index >= 15 is 0 Å². The highest BCUT2D eigenvalue weighted by Crippen LogP contribution is 2.37. The van der Waals surface area contributed by atoms with Gasteiger partial charge < -0.3 is 14.5 Å². The van der Waals surface area contributed by atoms with Crippen LogP contribution >= 0.6 is 0 Å². The molecule has 156 valence electrons. The average Bonchev–Trinajstić information content (AvgIpc) is 3.22. The van der Waals surface area contributed by atoms with Crippen LogP contribution in [0.3, 0.4) is 0 Å². The lowest BCUT2D eigenvalue weighted by Gasteiger charge is -2.31. The third-order valence-electron chi connectivity index (χ3n) is 5.89. The summed E-state index contributed by atoms with van der Waals surface area (Å²) in [7, 11) is 0. The molecule has 1 aromatic heterocycles. The number of carbonyl (C=O) groups excluding carboxylic acids is 2. The van der Waals surface area contributed by atoms with Crippen molar-refractivity contribution >= 4 is 17.5 Å². The Balaban J connectivity index is 1.52. The predicted octanol–water partition coefficient (Wildman–Crippen LogP) is 3.60. The van der Waals surface area contributed by atoms with Gasteiger partial charge >= 0.3 is 0 Å². The number of likely N-dealkylation sites (tertiary alicyclic amines) is 1. The van der Waals surface area contributed by atoms with Crippen LogP contribution < -0.4 is 9.64 Å². The predicted molar refractivity (Wildman–Crippen MR) is 117 cm³/mol. The van der Waals surface area contributed by atoms with Crippen LogP contribution in [-0.2, 0) is 11.3 Å². The van der Waals surface area contributed by atoms with E-state index in [9.17, 15) is 9.59 Å². The molecule has 2 amide bonds. The number of aryl methyl sites for hydroxylation is 1. The van der Waals surface area contributed by atoms with E-state index in [-0.39, 0.29) is 17.9 Å². The summed E-state index contributed by atoms with van der Waals surface area (Å²) < 4.78 is 6.28. The van der Waals surface area contributed by atoms with Gasteiger partial charge in [0.25, 0.3) is 5.91 Å². The maximum atomic E-state index is 13.8. The number of benzene rings is 2. The second-order valence-electron chi connectivity index (χ2n) is 8.07. The molecule has 1 fully saturated rings. The Labute approximate surface area is 181 Å². The SMILES string of the molecule is Cc1ccc(C(=O)N2C[C@@H]3C[C@H]2C(=O)N(Cc2cccnc2)c2ccccc2O3)cc1. The van der Waals surface area contributed by atoms with Crippen molar-refractivity contribution in [2.45, 2.75) is 32.0 Å². The Hall–Kier alpha value is -3.67. The monoisotopic (exact) mass is 413 g/mol. The maximum absolute atomic E-state index is 13.8. The highest BCUT2D eigenvalue weighted by molar-refractivity contribution is 6.03. The van der Waals surface area contributed by atoms with Crippen molar-refractivity contribution in [1.82, 2.24) is 9.88 Å². The van der Waals surface area contributed by atoms with Gasteiger partial charge in [-0.05, 0) is 42.8 Å². The molecule has 6 heteroatoms. The summed E-state index contributed by atoms with van der Waals surface area (Å²) in [5, 5.41) is 0. The molecule has 2 bridgehead atoms. The molecule has 3 aromatic rings. The van der Waals surface area contributed by atoms with E-state index in [2.05, 4.69) is 4.98 Å². The first-order valence-corrected chi connectivity index (χ1v) is 10.4. The Bertz CT molecular complexity index is 1110. The summed E-state index contributed by atoms with van der Waals surface area (Å²) in [6.07, 6.45) is 3.72. The number of para-hydroxylation sites is 2. The quantitative estimate of drug-likeness (QED) is 0.658. The highest BCUT2D eigenvalue weighted by Gasteiger charge is 2.45. The Kier molecular flexibility index (Phi) is 4.90. The summed E-state index contributed by atoms with van der Waals surface area (Å²) in [6.45, 7) is 2.73. The standard InChI is InChI=1S/C25H23N3O3/c1-17-8-10-19(11-9-17)24(29)28-16-20-13-22(28)25(30)27(15-18-5-4-12-26-14-18)21-6-2-3-7-23(21)31-20/h2-12,14,20,22H,13,15-16H2,1H3/t20-,22-/m0/s1. The normalized spacial score (nSPS) is 20.0. The van der Waals surface area contributed by atoms with Crippen LogP contribution in [0.15, 0.2) is 73.1 Å². The third-order valence-corrected chi connectivity index (χ3v) is 5.89. The molecule has 0 spiro atoms. The van der Waals surface area contributed by atoms with E-state index in [1.165, 1.54) is 0 Å². The maximum Gasteiger partial charge on any atom is 0.254 e. The zero-order valence-electron chi connectivity index (χ0n) is 17.3. The summed E-state index contributed by atoms with van der Waals surface area (Å²) in [6, 6.07) is 18.2. The average molecular weight is 413 g/mol. The van der Waals surface area contributed by atoms with Crippen molar-refractivity contribution in [1.29, 1.82) is 0 Å². The fourth-order valence-electron chi connectivity index (χ4n) is 4.30. The van der Waals surface area contributed by atoms with Gasteiger partial charge in [-0.2, -0.15) is 0 Å². The van der Waals surface area contributed by atoms with Crippen molar-refractivity contribution in [3.05, 3.63) is 89.7 Å². The molecule has 2 atom stereocenters. The van der Waals surface area contributed by atoms with Crippen molar-refractivity contribution in [3.8, 4) is 5.75 Å². The molecule has 5 rings (SSSR count). The number of hydrogen-bond donors (Lipinski definition) is 0. The van der Waals surface area contributed by atoms with E-state index in [0.717, 1.165) is 16.8 Å².